The minimum atomic E-state index is -0.251. The van der Waals surface area contributed by atoms with Gasteiger partial charge in [-0.2, -0.15) is 10.2 Å². The molecule has 0 saturated heterocycles. The Hall–Kier alpha value is -3.59. The standard InChI is InChI=1S/C26H29FN8/c1-3-10-33-14-20-12-30-35(22(20)15-33)24-11-23(28-16-29-24)31-26-17(2)25(19-6-8-21(27)9-7-19)32-34(26)13-18-4-5-18/h6-9,11-12,16,18H,3-5,10,13-15H2,1-2H3,(H,28,29,31). The highest BCUT2D eigenvalue weighted by Gasteiger charge is 2.26. The summed E-state index contributed by atoms with van der Waals surface area (Å²) in [7, 11) is 0. The summed E-state index contributed by atoms with van der Waals surface area (Å²) in [5.41, 5.74) is 5.20. The van der Waals surface area contributed by atoms with Gasteiger partial charge in [-0.3, -0.25) is 4.90 Å². The molecule has 35 heavy (non-hydrogen) atoms. The van der Waals surface area contributed by atoms with Gasteiger partial charge in [0.1, 0.15) is 23.8 Å². The van der Waals surface area contributed by atoms with Crippen molar-refractivity contribution in [3.8, 4) is 17.1 Å². The van der Waals surface area contributed by atoms with Crippen molar-refractivity contribution in [1.29, 1.82) is 0 Å². The number of hydrogen-bond acceptors (Lipinski definition) is 6. The van der Waals surface area contributed by atoms with E-state index in [4.69, 9.17) is 5.10 Å². The molecule has 0 bridgehead atoms. The number of rotatable bonds is 8. The lowest BCUT2D eigenvalue weighted by molar-refractivity contribution is 0.280. The van der Waals surface area contributed by atoms with Crippen molar-refractivity contribution in [2.24, 2.45) is 5.92 Å². The zero-order valence-corrected chi connectivity index (χ0v) is 20.1. The topological polar surface area (TPSA) is 76.7 Å². The van der Waals surface area contributed by atoms with Crippen LogP contribution in [0, 0.1) is 18.7 Å². The third kappa shape index (κ3) is 4.32. The molecule has 9 heteroatoms. The average Bonchev–Trinajstić information content (AvgIpc) is 3.34. The summed E-state index contributed by atoms with van der Waals surface area (Å²) in [5.74, 6) is 2.73. The predicted molar refractivity (Wildman–Crippen MR) is 132 cm³/mol. The van der Waals surface area contributed by atoms with Gasteiger partial charge in [-0.25, -0.2) is 23.7 Å². The van der Waals surface area contributed by atoms with Gasteiger partial charge in [-0.15, -0.1) is 0 Å². The molecule has 1 N–H and O–H groups in total. The number of aromatic nitrogens is 6. The summed E-state index contributed by atoms with van der Waals surface area (Å²) >= 11 is 0. The largest absolute Gasteiger partial charge is 0.325 e. The summed E-state index contributed by atoms with van der Waals surface area (Å²) in [4.78, 5) is 11.4. The first-order valence-corrected chi connectivity index (χ1v) is 12.3. The Balaban J connectivity index is 1.31. The quantitative estimate of drug-likeness (QED) is 0.395. The van der Waals surface area contributed by atoms with Crippen molar-refractivity contribution in [3.63, 3.8) is 0 Å². The normalized spacial score (nSPS) is 15.5. The lowest BCUT2D eigenvalue weighted by Crippen LogP contribution is -2.18. The van der Waals surface area contributed by atoms with Crippen LogP contribution in [0.1, 0.15) is 43.0 Å². The van der Waals surface area contributed by atoms with Gasteiger partial charge in [-0.1, -0.05) is 6.92 Å². The molecular weight excluding hydrogens is 443 g/mol. The van der Waals surface area contributed by atoms with Crippen LogP contribution in [0.15, 0.2) is 42.9 Å². The Morgan fingerprint density at radius 3 is 2.71 bits per heavy atom. The predicted octanol–water partition coefficient (Wildman–Crippen LogP) is 4.85. The molecule has 0 atom stereocenters. The van der Waals surface area contributed by atoms with Crippen LogP contribution < -0.4 is 5.32 Å². The molecule has 1 fully saturated rings. The Morgan fingerprint density at radius 2 is 1.94 bits per heavy atom. The van der Waals surface area contributed by atoms with Crippen LogP contribution in [0.5, 0.6) is 0 Å². The van der Waals surface area contributed by atoms with Crippen molar-refractivity contribution in [2.45, 2.75) is 52.7 Å². The van der Waals surface area contributed by atoms with Gasteiger partial charge in [0.05, 0.1) is 17.6 Å². The molecule has 1 aliphatic carbocycles. The molecule has 0 amide bonds. The van der Waals surface area contributed by atoms with Crippen molar-refractivity contribution < 1.29 is 4.39 Å². The Morgan fingerprint density at radius 1 is 1.11 bits per heavy atom. The number of fused-ring (bicyclic) bond motifs is 1. The van der Waals surface area contributed by atoms with Crippen molar-refractivity contribution in [2.75, 3.05) is 11.9 Å². The molecular formula is C26H29FN8. The van der Waals surface area contributed by atoms with E-state index in [-0.39, 0.29) is 5.82 Å². The van der Waals surface area contributed by atoms with E-state index in [0.29, 0.717) is 11.7 Å². The molecule has 6 rings (SSSR count). The van der Waals surface area contributed by atoms with E-state index >= 15 is 0 Å². The van der Waals surface area contributed by atoms with Crippen LogP contribution in [0.3, 0.4) is 0 Å². The number of anilines is 2. The number of nitrogens with one attached hydrogen (secondary N) is 1. The zero-order valence-electron chi connectivity index (χ0n) is 20.1. The number of halogens is 1. The van der Waals surface area contributed by atoms with E-state index in [9.17, 15) is 4.39 Å². The van der Waals surface area contributed by atoms with E-state index in [2.05, 4.69) is 32.2 Å². The van der Waals surface area contributed by atoms with Crippen LogP contribution >= 0.6 is 0 Å². The van der Waals surface area contributed by atoms with E-state index in [1.807, 2.05) is 28.6 Å². The molecule has 0 spiro atoms. The molecule has 4 aromatic rings. The zero-order chi connectivity index (χ0) is 23.9. The molecule has 4 heterocycles. The van der Waals surface area contributed by atoms with E-state index < -0.39 is 0 Å². The summed E-state index contributed by atoms with van der Waals surface area (Å²) in [5, 5.41) is 13.0. The van der Waals surface area contributed by atoms with Crippen molar-refractivity contribution in [3.05, 3.63) is 65.5 Å². The molecule has 2 aliphatic rings. The van der Waals surface area contributed by atoms with E-state index in [1.165, 1.54) is 36.2 Å². The van der Waals surface area contributed by atoms with Gasteiger partial charge in [0.25, 0.3) is 0 Å². The van der Waals surface area contributed by atoms with Crippen LogP contribution in [0.2, 0.25) is 0 Å². The maximum absolute atomic E-state index is 13.5. The van der Waals surface area contributed by atoms with Gasteiger partial charge in [-0.05, 0) is 62.9 Å². The molecule has 1 aromatic carbocycles. The van der Waals surface area contributed by atoms with Crippen LogP contribution in [-0.2, 0) is 19.6 Å². The van der Waals surface area contributed by atoms with Crippen LogP contribution in [0.4, 0.5) is 16.0 Å². The van der Waals surface area contributed by atoms with Gasteiger partial charge in [0.15, 0.2) is 5.82 Å². The second-order valence-corrected chi connectivity index (χ2v) is 9.58. The third-order valence-electron chi connectivity index (χ3n) is 6.81. The lowest BCUT2D eigenvalue weighted by Gasteiger charge is -2.14. The fourth-order valence-electron chi connectivity index (χ4n) is 4.81. The minimum Gasteiger partial charge on any atom is -0.325 e. The number of hydrogen-bond donors (Lipinski definition) is 1. The molecule has 1 saturated carbocycles. The van der Waals surface area contributed by atoms with Crippen LogP contribution in [-0.4, -0.2) is 41.0 Å². The van der Waals surface area contributed by atoms with Gasteiger partial charge < -0.3 is 5.32 Å². The van der Waals surface area contributed by atoms with Gasteiger partial charge >= 0.3 is 0 Å². The Labute approximate surface area is 203 Å². The first-order valence-electron chi connectivity index (χ1n) is 12.3. The molecule has 180 valence electrons. The SMILES string of the molecule is CCCN1Cc2cnn(-c3cc(Nc4c(C)c(-c5ccc(F)cc5)nn4CC4CC4)ncn3)c2C1. The van der Waals surface area contributed by atoms with E-state index in [1.54, 1.807) is 18.5 Å². The Kier molecular flexibility index (Phi) is 5.56. The Bertz CT molecular complexity index is 1350. The summed E-state index contributed by atoms with van der Waals surface area (Å²) in [6.45, 7) is 7.99. The summed E-state index contributed by atoms with van der Waals surface area (Å²) in [6, 6.07) is 8.43. The highest BCUT2D eigenvalue weighted by atomic mass is 19.1. The lowest BCUT2D eigenvalue weighted by atomic mass is 10.1. The molecule has 0 unspecified atom stereocenters. The van der Waals surface area contributed by atoms with Crippen molar-refractivity contribution >= 4 is 11.6 Å². The monoisotopic (exact) mass is 472 g/mol. The highest BCUT2D eigenvalue weighted by molar-refractivity contribution is 5.71. The molecule has 1 aliphatic heterocycles. The first kappa shape index (κ1) is 21.9. The maximum Gasteiger partial charge on any atom is 0.159 e. The fourth-order valence-corrected chi connectivity index (χ4v) is 4.81. The second kappa shape index (κ2) is 8.88. The fraction of sp³-hybridized carbons (Fsp3) is 0.385. The van der Waals surface area contributed by atoms with E-state index in [0.717, 1.165) is 61.1 Å². The number of benzene rings is 1. The van der Waals surface area contributed by atoms with Crippen LogP contribution in [0.25, 0.3) is 17.1 Å². The maximum atomic E-state index is 13.5. The van der Waals surface area contributed by atoms with Crippen molar-refractivity contribution in [1.82, 2.24) is 34.4 Å². The third-order valence-corrected chi connectivity index (χ3v) is 6.81. The van der Waals surface area contributed by atoms with Gasteiger partial charge in [0.2, 0.25) is 0 Å². The molecule has 8 nitrogen and oxygen atoms in total. The average molecular weight is 473 g/mol. The molecule has 3 aromatic heterocycles. The minimum absolute atomic E-state index is 0.251. The molecule has 0 radical (unpaired) electrons. The van der Waals surface area contributed by atoms with Gasteiger partial charge in [0, 0.05) is 42.4 Å². The first-order chi connectivity index (χ1) is 17.1. The number of nitrogens with zero attached hydrogens (tertiary/aromatic N) is 7. The highest BCUT2D eigenvalue weighted by Crippen LogP contribution is 2.35. The smallest absolute Gasteiger partial charge is 0.159 e. The summed E-state index contributed by atoms with van der Waals surface area (Å²) < 4.78 is 17.4. The second-order valence-electron chi connectivity index (χ2n) is 9.58. The summed E-state index contributed by atoms with van der Waals surface area (Å²) in [6.07, 6.45) is 7.10.